The van der Waals surface area contributed by atoms with Crippen molar-refractivity contribution in [1.82, 2.24) is 4.98 Å². The summed E-state index contributed by atoms with van der Waals surface area (Å²) in [7, 11) is 0. The summed E-state index contributed by atoms with van der Waals surface area (Å²) in [5.74, 6) is -70.1. The van der Waals surface area contributed by atoms with E-state index in [1.54, 1.807) is 23.2 Å². The highest BCUT2D eigenvalue weighted by molar-refractivity contribution is 7.20. The van der Waals surface area contributed by atoms with Gasteiger partial charge in [-0.25, -0.2) is 92.8 Å². The number of carbonyl (C=O) groups is 1. The van der Waals surface area contributed by atoms with Gasteiger partial charge in [-0.3, -0.25) is 4.79 Å². The van der Waals surface area contributed by atoms with E-state index in [0.717, 1.165) is 11.1 Å². The summed E-state index contributed by atoms with van der Waals surface area (Å²) in [4.78, 5) is 17.0. The van der Waals surface area contributed by atoms with Crippen molar-refractivity contribution in [2.45, 2.75) is 6.54 Å². The number of halogens is 20. The molecule has 1 aromatic heterocycles. The van der Waals surface area contributed by atoms with Crippen molar-refractivity contribution in [1.29, 1.82) is 0 Å². The summed E-state index contributed by atoms with van der Waals surface area (Å²) >= 11 is 0. The van der Waals surface area contributed by atoms with Crippen molar-refractivity contribution in [2.75, 3.05) is 0 Å². The number of hydrogen-bond acceptors (Lipinski definition) is 3. The third kappa shape index (κ3) is 8.16. The Morgan fingerprint density at radius 3 is 1.16 bits per heavy atom. The second-order valence-electron chi connectivity index (χ2n) is 16.7. The third-order valence-electron chi connectivity index (χ3n) is 12.6. The Morgan fingerprint density at radius 2 is 0.753 bits per heavy atom. The van der Waals surface area contributed by atoms with E-state index in [1.807, 2.05) is 36.4 Å². The first-order valence-corrected chi connectivity index (χ1v) is 21.5. The summed E-state index contributed by atoms with van der Waals surface area (Å²) in [5.41, 5.74) is -13.7. The minimum atomic E-state index is -7.22. The van der Waals surface area contributed by atoms with Crippen LogP contribution in [0.2, 0.25) is 0 Å². The number of aromatic nitrogens is 2. The van der Waals surface area contributed by atoms with Crippen LogP contribution in [-0.4, -0.2) is 16.9 Å². The molecular formula is C52H19BF20N2O2. The van der Waals surface area contributed by atoms with Crippen molar-refractivity contribution in [3.05, 3.63) is 225 Å². The number of Topliss-reactive ketones (excluding diaryl/α,β-unsaturated/α-hetero) is 1. The lowest BCUT2D eigenvalue weighted by Gasteiger charge is -2.44. The van der Waals surface area contributed by atoms with Gasteiger partial charge in [0.15, 0.2) is 76.0 Å². The average molecular weight is 1090 g/mol. The zero-order valence-corrected chi connectivity index (χ0v) is 37.4. The Kier molecular flexibility index (Phi) is 13.6. The van der Waals surface area contributed by atoms with Crippen LogP contribution in [0.1, 0.15) is 10.4 Å². The highest BCUT2D eigenvalue weighted by Gasteiger charge is 2.52. The minimum Gasteiger partial charge on any atom is -0.403 e. The molecule has 0 amide bonds. The second-order valence-corrected chi connectivity index (χ2v) is 16.7. The fourth-order valence-corrected chi connectivity index (χ4v) is 9.24. The van der Waals surface area contributed by atoms with Gasteiger partial charge in [-0.05, 0) is 33.7 Å². The topological polar surface area (TPSA) is 43.1 Å². The molecule has 0 fully saturated rings. The highest BCUT2D eigenvalue weighted by atomic mass is 19.2. The number of benzene rings is 9. The Morgan fingerprint density at radius 1 is 0.403 bits per heavy atom. The van der Waals surface area contributed by atoms with Crippen LogP contribution in [0.15, 0.2) is 104 Å². The molecule has 0 N–H and O–H groups in total. The van der Waals surface area contributed by atoms with E-state index < -0.39 is 144 Å². The van der Waals surface area contributed by atoms with Crippen molar-refractivity contribution in [3.8, 4) is 11.6 Å². The molecule has 0 aliphatic carbocycles. The lowest BCUT2D eigenvalue weighted by atomic mass is 9.12. The molecule has 0 aliphatic rings. The Labute approximate surface area is 415 Å². The quantitative estimate of drug-likeness (QED) is 0.0275. The van der Waals surface area contributed by atoms with Gasteiger partial charge in [-0.2, -0.15) is 4.57 Å². The van der Waals surface area contributed by atoms with Gasteiger partial charge in [-0.15, -0.1) is 21.9 Å². The maximum atomic E-state index is 15.4. The van der Waals surface area contributed by atoms with E-state index in [2.05, 4.69) is 53.5 Å². The van der Waals surface area contributed by atoms with Gasteiger partial charge in [0, 0.05) is 16.3 Å². The molecule has 10 rings (SSSR count). The number of ketones is 1. The molecule has 0 spiro atoms. The highest BCUT2D eigenvalue weighted by Crippen LogP contribution is 2.40. The van der Waals surface area contributed by atoms with Crippen molar-refractivity contribution in [3.63, 3.8) is 0 Å². The fraction of sp³-hybridized carbons (Fsp3) is 0.0192. The van der Waals surface area contributed by atoms with Crippen LogP contribution in [0.5, 0.6) is 11.6 Å². The molecule has 77 heavy (non-hydrogen) atoms. The SMILES string of the molecule is Fc1c(F)c(F)c([B-](c2c(F)c(F)c(F)c(F)c2F)(c2c(F)c(F)c(F)c(F)c2F)c2c(F)c(F)c(F)c(F)c2F)c(F)c1F.O=C(C[n+]1ccncc1Oc1ccc2ccc3cccc4ccc1c2c34)c1ccccc1. The standard InChI is InChI=1S/C28H19N2O2.C24BF20/c31-24(19-5-2-1-3-6-19)18-30-16-15-29-17-26(30)32-25-14-12-22-10-9-20-7-4-8-21-11-13-23(25)28(22)27(20)21;26-5-1(6(27)14(35)21(42)13(5)34)25(2-7(28)15(36)22(43)16(37)8(2)29,3-9(30)17(38)23(44)18(39)10(3)31)4-11(32)19(40)24(45)20(41)12(4)33/h1-17H,18H2;/q+1;-1. The molecule has 0 radical (unpaired) electrons. The smallest absolute Gasteiger partial charge is 0.392 e. The first-order chi connectivity index (χ1) is 36.5. The molecule has 392 valence electrons. The molecule has 1 heterocycles. The number of carbonyl (C=O) groups excluding carboxylic acids is 1. The molecule has 0 atom stereocenters. The largest absolute Gasteiger partial charge is 0.403 e. The number of rotatable bonds is 9. The molecule has 10 aromatic rings. The molecule has 0 aliphatic heterocycles. The van der Waals surface area contributed by atoms with Crippen LogP contribution in [0.25, 0.3) is 32.3 Å². The third-order valence-corrected chi connectivity index (χ3v) is 12.6. The lowest BCUT2D eigenvalue weighted by molar-refractivity contribution is -0.687. The molecule has 0 saturated carbocycles. The maximum Gasteiger partial charge on any atom is 0.392 e. The van der Waals surface area contributed by atoms with E-state index in [1.165, 1.54) is 26.9 Å². The first-order valence-electron chi connectivity index (χ1n) is 21.5. The van der Waals surface area contributed by atoms with Crippen LogP contribution in [0.3, 0.4) is 0 Å². The Balaban J connectivity index is 0.000000197. The van der Waals surface area contributed by atoms with E-state index >= 15 is 35.1 Å². The molecule has 0 unspecified atom stereocenters. The summed E-state index contributed by atoms with van der Waals surface area (Å²) in [6, 6.07) is 28.3. The molecule has 25 heteroatoms. The van der Waals surface area contributed by atoms with Gasteiger partial charge < -0.3 is 4.74 Å². The fourth-order valence-electron chi connectivity index (χ4n) is 9.24. The van der Waals surface area contributed by atoms with Crippen LogP contribution in [0.4, 0.5) is 87.8 Å². The van der Waals surface area contributed by atoms with Crippen molar-refractivity contribution >= 4 is 66.1 Å². The van der Waals surface area contributed by atoms with Gasteiger partial charge in [0.05, 0.1) is 6.20 Å². The van der Waals surface area contributed by atoms with Gasteiger partial charge >= 0.3 is 5.88 Å². The molecule has 0 saturated heterocycles. The minimum absolute atomic E-state index is 0.0158. The van der Waals surface area contributed by atoms with Crippen LogP contribution < -0.4 is 31.2 Å². The summed E-state index contributed by atoms with van der Waals surface area (Å²) < 4.78 is 302. The Hall–Kier alpha value is -8.77. The normalized spacial score (nSPS) is 11.7. The summed E-state index contributed by atoms with van der Waals surface area (Å²) in [6.45, 7) is 0.174. The summed E-state index contributed by atoms with van der Waals surface area (Å²) in [6.07, 6.45) is -2.14. The first kappa shape index (κ1) is 53.1. The van der Waals surface area contributed by atoms with Crippen molar-refractivity contribution in [2.24, 2.45) is 0 Å². The van der Waals surface area contributed by atoms with Gasteiger partial charge in [0.1, 0.15) is 64.6 Å². The molecule has 9 aromatic carbocycles. The van der Waals surface area contributed by atoms with Crippen molar-refractivity contribution < 1.29 is 102 Å². The lowest BCUT2D eigenvalue weighted by Crippen LogP contribution is -2.81. The Bertz CT molecular complexity index is 3690. The number of nitrogens with zero attached hydrogens (tertiary/aromatic N) is 2. The van der Waals surface area contributed by atoms with E-state index in [0.29, 0.717) is 11.4 Å². The molecule has 0 bridgehead atoms. The zero-order chi connectivity index (χ0) is 55.8. The summed E-state index contributed by atoms with van der Waals surface area (Å²) in [5, 5.41) is 7.07. The van der Waals surface area contributed by atoms with Gasteiger partial charge in [0.2, 0.25) is 12.3 Å². The van der Waals surface area contributed by atoms with Crippen LogP contribution in [-0.2, 0) is 6.54 Å². The molecule has 4 nitrogen and oxygen atoms in total. The number of hydrogen-bond donors (Lipinski definition) is 0. The van der Waals surface area contributed by atoms with Crippen LogP contribution >= 0.6 is 0 Å². The second kappa shape index (κ2) is 19.7. The van der Waals surface area contributed by atoms with Crippen LogP contribution in [0, 0.1) is 116 Å². The van der Waals surface area contributed by atoms with E-state index in [-0.39, 0.29) is 12.3 Å². The monoisotopic (exact) mass is 1090 g/mol. The van der Waals surface area contributed by atoms with E-state index in [9.17, 15) is 57.5 Å². The van der Waals surface area contributed by atoms with Gasteiger partial charge in [-0.1, -0.05) is 72.8 Å². The zero-order valence-electron chi connectivity index (χ0n) is 37.4. The van der Waals surface area contributed by atoms with E-state index in [4.69, 9.17) is 4.74 Å². The average Bonchev–Trinajstić information content (AvgIpc) is 3.56. The number of ether oxygens (including phenoxy) is 1. The maximum absolute atomic E-state index is 15.4. The van der Waals surface area contributed by atoms with Gasteiger partial charge in [0.25, 0.3) is 0 Å². The predicted molar refractivity (Wildman–Crippen MR) is 235 cm³/mol. The predicted octanol–water partition coefficient (Wildman–Crippen LogP) is 11.8. The molecular weight excluding hydrogens is 1080 g/mol.